The van der Waals surface area contributed by atoms with Gasteiger partial charge in [0, 0.05) is 25.1 Å². The highest BCUT2D eigenvalue weighted by atomic mass is 16.5. The smallest absolute Gasteiger partial charge is 0.271 e. The van der Waals surface area contributed by atoms with Gasteiger partial charge in [0.15, 0.2) is 0 Å². The van der Waals surface area contributed by atoms with Crippen molar-refractivity contribution in [2.45, 2.75) is 13.0 Å². The molecule has 3 N–H and O–H groups in total. The minimum atomic E-state index is -0.306. The number of hydrazone groups is 2. The number of rotatable bonds is 12. The molecule has 0 aliphatic rings. The Morgan fingerprint density at radius 2 is 1.39 bits per heavy atom. The number of amides is 2. The van der Waals surface area contributed by atoms with Gasteiger partial charge in [0.05, 0.1) is 26.6 Å². The summed E-state index contributed by atoms with van der Waals surface area (Å²) in [6.07, 6.45) is 3.40. The number of hydrogen-bond donors (Lipinski definition) is 3. The molecule has 0 heterocycles. The van der Waals surface area contributed by atoms with Crippen molar-refractivity contribution in [3.63, 3.8) is 0 Å². The topological polar surface area (TPSA) is 113 Å². The van der Waals surface area contributed by atoms with Crippen LogP contribution in [0.25, 0.3) is 0 Å². The Hall–Kier alpha value is -4.50. The number of ether oxygens (including phenoxy) is 2. The third-order valence-corrected chi connectivity index (χ3v) is 5.04. The van der Waals surface area contributed by atoms with E-state index in [0.29, 0.717) is 24.4 Å². The zero-order valence-electron chi connectivity index (χ0n) is 20.2. The first-order valence-electron chi connectivity index (χ1n) is 11.3. The number of methoxy groups -OCH3 is 2. The third kappa shape index (κ3) is 8.69. The average Bonchev–Trinajstić information content (AvgIpc) is 2.91. The largest absolute Gasteiger partial charge is 0.497 e. The Balaban J connectivity index is 1.35. The average molecular weight is 488 g/mol. The second-order valence-corrected chi connectivity index (χ2v) is 7.67. The van der Waals surface area contributed by atoms with Crippen LogP contribution >= 0.6 is 0 Å². The minimum absolute atomic E-state index is 0.192. The van der Waals surface area contributed by atoms with E-state index in [2.05, 4.69) is 26.4 Å². The van der Waals surface area contributed by atoms with Crippen molar-refractivity contribution in [1.29, 1.82) is 0 Å². The molecule has 9 heteroatoms. The van der Waals surface area contributed by atoms with Crippen LogP contribution in [0.4, 0.5) is 0 Å². The van der Waals surface area contributed by atoms with E-state index < -0.39 is 0 Å². The van der Waals surface area contributed by atoms with Crippen LogP contribution in [0.1, 0.15) is 33.5 Å². The van der Waals surface area contributed by atoms with Crippen molar-refractivity contribution >= 4 is 24.2 Å². The molecule has 0 radical (unpaired) electrons. The molecule has 2 amide bonds. The summed E-state index contributed by atoms with van der Waals surface area (Å²) in [7, 11) is 3.19. The first-order chi connectivity index (χ1) is 17.6. The number of nitrogens with zero attached hydrogens (tertiary/aromatic N) is 2. The van der Waals surface area contributed by atoms with Crippen molar-refractivity contribution in [1.82, 2.24) is 16.2 Å². The number of benzene rings is 3. The Morgan fingerprint density at radius 3 is 1.97 bits per heavy atom. The zero-order chi connectivity index (χ0) is 25.6. The molecular formula is C27H29N5O4. The van der Waals surface area contributed by atoms with Crippen LogP contribution in [-0.2, 0) is 11.3 Å². The molecule has 0 bridgehead atoms. The maximum absolute atomic E-state index is 12.3. The molecule has 3 rings (SSSR count). The lowest BCUT2D eigenvalue weighted by molar-refractivity contribution is -0.120. The predicted octanol–water partition coefficient (Wildman–Crippen LogP) is 3.10. The molecule has 186 valence electrons. The van der Waals surface area contributed by atoms with E-state index in [1.54, 1.807) is 38.8 Å². The lowest BCUT2D eigenvalue weighted by atomic mass is 10.1. The maximum Gasteiger partial charge on any atom is 0.271 e. The molecule has 36 heavy (non-hydrogen) atoms. The first kappa shape index (κ1) is 26.1. The van der Waals surface area contributed by atoms with Crippen LogP contribution in [-0.4, -0.2) is 45.0 Å². The van der Waals surface area contributed by atoms with E-state index in [0.717, 1.165) is 22.4 Å². The van der Waals surface area contributed by atoms with Gasteiger partial charge in [-0.1, -0.05) is 36.4 Å². The summed E-state index contributed by atoms with van der Waals surface area (Å²) in [6.45, 7) is 1.05. The van der Waals surface area contributed by atoms with E-state index in [-0.39, 0.29) is 18.2 Å². The number of carbonyl (C=O) groups is 2. The molecule has 0 atom stereocenters. The summed E-state index contributed by atoms with van der Waals surface area (Å²) in [5, 5.41) is 11.2. The van der Waals surface area contributed by atoms with Gasteiger partial charge in [-0.15, -0.1) is 0 Å². The lowest BCUT2D eigenvalue weighted by Gasteiger charge is -2.06. The quantitative estimate of drug-likeness (QED) is 0.206. The van der Waals surface area contributed by atoms with Crippen molar-refractivity contribution in [3.05, 3.63) is 95.1 Å². The Kier molecular flexibility index (Phi) is 10.2. The fraction of sp³-hybridized carbons (Fsp3) is 0.185. The third-order valence-electron chi connectivity index (χ3n) is 5.04. The van der Waals surface area contributed by atoms with E-state index in [9.17, 15) is 9.59 Å². The molecular weight excluding hydrogens is 458 g/mol. The highest BCUT2D eigenvalue weighted by molar-refractivity contribution is 5.94. The SMILES string of the molecule is COc1cccc(/C=N/NC(=O)CCNCc2ccc(C(=O)N/N=C/c3cccc(OC)c3)cc2)c1. The molecule has 3 aromatic rings. The maximum atomic E-state index is 12.3. The van der Waals surface area contributed by atoms with Crippen LogP contribution in [0.2, 0.25) is 0 Å². The first-order valence-corrected chi connectivity index (χ1v) is 11.3. The van der Waals surface area contributed by atoms with Gasteiger partial charge in [-0.05, 0) is 53.1 Å². The van der Waals surface area contributed by atoms with Gasteiger partial charge in [-0.3, -0.25) is 9.59 Å². The van der Waals surface area contributed by atoms with Crippen molar-refractivity contribution in [2.75, 3.05) is 20.8 Å². The fourth-order valence-electron chi connectivity index (χ4n) is 3.12. The Labute approximate surface area is 210 Å². The molecule has 0 fully saturated rings. The van der Waals surface area contributed by atoms with Crippen LogP contribution in [0, 0.1) is 0 Å². The molecule has 0 saturated carbocycles. The molecule has 0 aromatic heterocycles. The predicted molar refractivity (Wildman–Crippen MR) is 140 cm³/mol. The summed E-state index contributed by atoms with van der Waals surface area (Å²) >= 11 is 0. The molecule has 0 aliphatic carbocycles. The highest BCUT2D eigenvalue weighted by Crippen LogP contribution is 2.11. The molecule has 0 unspecified atom stereocenters. The highest BCUT2D eigenvalue weighted by Gasteiger charge is 2.05. The van der Waals surface area contributed by atoms with Crippen LogP contribution < -0.4 is 25.6 Å². The number of hydrogen-bond acceptors (Lipinski definition) is 7. The Bertz CT molecular complexity index is 1210. The minimum Gasteiger partial charge on any atom is -0.497 e. The number of carbonyl (C=O) groups excluding carboxylic acids is 2. The summed E-state index contributed by atoms with van der Waals surface area (Å²) in [5.74, 6) is 0.942. The summed E-state index contributed by atoms with van der Waals surface area (Å²) in [4.78, 5) is 24.2. The lowest BCUT2D eigenvalue weighted by Crippen LogP contribution is -2.24. The van der Waals surface area contributed by atoms with Crippen molar-refractivity contribution in [2.24, 2.45) is 10.2 Å². The van der Waals surface area contributed by atoms with Crippen LogP contribution in [0.5, 0.6) is 11.5 Å². The normalized spacial score (nSPS) is 10.9. The van der Waals surface area contributed by atoms with Gasteiger partial charge in [0.2, 0.25) is 5.91 Å². The molecule has 9 nitrogen and oxygen atoms in total. The standard InChI is InChI=1S/C27H29N5O4/c1-35-24-7-3-5-21(15-24)18-29-31-26(33)13-14-28-17-20-9-11-23(12-10-20)27(34)32-30-19-22-6-4-8-25(16-22)36-2/h3-12,15-16,18-19,28H,13-14,17H2,1-2H3,(H,31,33)(H,32,34)/b29-18+,30-19+. The fourth-order valence-corrected chi connectivity index (χ4v) is 3.12. The van der Waals surface area contributed by atoms with Gasteiger partial charge < -0.3 is 14.8 Å². The zero-order valence-corrected chi connectivity index (χ0v) is 20.2. The van der Waals surface area contributed by atoms with E-state index in [1.807, 2.05) is 60.7 Å². The second-order valence-electron chi connectivity index (χ2n) is 7.67. The van der Waals surface area contributed by atoms with Gasteiger partial charge in [-0.25, -0.2) is 10.9 Å². The van der Waals surface area contributed by atoms with Gasteiger partial charge in [0.25, 0.3) is 5.91 Å². The van der Waals surface area contributed by atoms with Gasteiger partial charge in [-0.2, -0.15) is 10.2 Å². The van der Waals surface area contributed by atoms with E-state index in [1.165, 1.54) is 0 Å². The Morgan fingerprint density at radius 1 is 0.806 bits per heavy atom. The number of nitrogens with one attached hydrogen (secondary N) is 3. The molecule has 0 spiro atoms. The monoisotopic (exact) mass is 487 g/mol. The summed E-state index contributed by atoms with van der Waals surface area (Å²) < 4.78 is 10.3. The summed E-state index contributed by atoms with van der Waals surface area (Å²) in [6, 6.07) is 21.9. The van der Waals surface area contributed by atoms with Crippen molar-refractivity contribution in [3.8, 4) is 11.5 Å². The van der Waals surface area contributed by atoms with Crippen LogP contribution in [0.3, 0.4) is 0 Å². The van der Waals surface area contributed by atoms with Crippen molar-refractivity contribution < 1.29 is 19.1 Å². The van der Waals surface area contributed by atoms with Crippen LogP contribution in [0.15, 0.2) is 83.0 Å². The van der Waals surface area contributed by atoms with E-state index in [4.69, 9.17) is 9.47 Å². The van der Waals surface area contributed by atoms with Gasteiger partial charge >= 0.3 is 0 Å². The van der Waals surface area contributed by atoms with E-state index >= 15 is 0 Å². The second kappa shape index (κ2) is 14.0. The molecule has 0 saturated heterocycles. The molecule has 3 aromatic carbocycles. The molecule has 0 aliphatic heterocycles. The summed E-state index contributed by atoms with van der Waals surface area (Å²) in [5.41, 5.74) is 8.15. The van der Waals surface area contributed by atoms with Gasteiger partial charge in [0.1, 0.15) is 11.5 Å².